The normalized spacial score (nSPS) is 10.8. The molecule has 0 saturated carbocycles. The molecule has 11 heteroatoms. The number of aryl methyl sites for hydroxylation is 1. The number of amides is 1. The molecule has 9 nitrogen and oxygen atoms in total. The molecule has 0 aliphatic heterocycles. The summed E-state index contributed by atoms with van der Waals surface area (Å²) < 4.78 is 16.0. The highest BCUT2D eigenvalue weighted by Crippen LogP contribution is 2.33. The Hall–Kier alpha value is -4.22. The summed E-state index contributed by atoms with van der Waals surface area (Å²) in [5.74, 6) is -0.126. The third-order valence-corrected chi connectivity index (χ3v) is 6.92. The number of aromatic nitrogens is 1. The number of carbonyl (C=O) groups is 2. The zero-order chi connectivity index (χ0) is 27.8. The van der Waals surface area contributed by atoms with Crippen molar-refractivity contribution in [3.63, 3.8) is 0 Å². The molecule has 0 aliphatic carbocycles. The van der Waals surface area contributed by atoms with Crippen LogP contribution in [0.3, 0.4) is 0 Å². The van der Waals surface area contributed by atoms with Crippen molar-refractivity contribution in [2.24, 2.45) is 5.10 Å². The van der Waals surface area contributed by atoms with Gasteiger partial charge >= 0.3 is 5.97 Å². The number of ether oxygens (including phenoxy) is 3. The Morgan fingerprint density at radius 2 is 1.79 bits per heavy atom. The van der Waals surface area contributed by atoms with Crippen LogP contribution >= 0.6 is 27.3 Å². The number of esters is 1. The van der Waals surface area contributed by atoms with Gasteiger partial charge in [0.25, 0.3) is 5.91 Å². The third-order valence-electron chi connectivity index (χ3n) is 5.48. The van der Waals surface area contributed by atoms with Crippen molar-refractivity contribution < 1.29 is 23.8 Å². The highest BCUT2D eigenvalue weighted by Gasteiger charge is 2.12. The fourth-order valence-corrected chi connectivity index (χ4v) is 4.52. The Morgan fingerprint density at radius 3 is 2.49 bits per heavy atom. The van der Waals surface area contributed by atoms with Gasteiger partial charge < -0.3 is 19.5 Å². The summed E-state index contributed by atoms with van der Waals surface area (Å²) in [5.41, 5.74) is 7.49. The van der Waals surface area contributed by atoms with Crippen LogP contribution in [0.1, 0.15) is 21.5 Å². The van der Waals surface area contributed by atoms with Gasteiger partial charge in [-0.1, -0.05) is 29.8 Å². The lowest BCUT2D eigenvalue weighted by Crippen LogP contribution is -2.17. The van der Waals surface area contributed by atoms with Crippen LogP contribution in [0.4, 0.5) is 10.8 Å². The summed E-state index contributed by atoms with van der Waals surface area (Å²) in [6.07, 6.45) is 1.47. The smallest absolute Gasteiger partial charge is 0.343 e. The van der Waals surface area contributed by atoms with E-state index in [0.717, 1.165) is 22.1 Å². The van der Waals surface area contributed by atoms with Crippen LogP contribution in [0.25, 0.3) is 11.3 Å². The number of nitrogens with one attached hydrogen (secondary N) is 2. The molecule has 0 fully saturated rings. The van der Waals surface area contributed by atoms with Gasteiger partial charge in [-0.3, -0.25) is 4.79 Å². The predicted octanol–water partition coefficient (Wildman–Crippen LogP) is 5.95. The number of carbonyl (C=O) groups excluding carboxylic acids is 2. The van der Waals surface area contributed by atoms with E-state index in [1.54, 1.807) is 24.3 Å². The van der Waals surface area contributed by atoms with Crippen molar-refractivity contribution in [1.82, 2.24) is 10.4 Å². The molecule has 1 aromatic heterocycles. The number of thiazole rings is 1. The molecule has 1 heterocycles. The van der Waals surface area contributed by atoms with Crippen molar-refractivity contribution >= 4 is 56.2 Å². The summed E-state index contributed by atoms with van der Waals surface area (Å²) in [5, 5.41) is 10.1. The Labute approximate surface area is 238 Å². The maximum absolute atomic E-state index is 12.6. The molecule has 0 unspecified atom stereocenters. The molecular formula is C28H25BrN4O5S. The van der Waals surface area contributed by atoms with E-state index in [2.05, 4.69) is 41.5 Å². The molecule has 1 amide bonds. The Balaban J connectivity index is 1.36. The number of rotatable bonds is 10. The predicted molar refractivity (Wildman–Crippen MR) is 155 cm³/mol. The van der Waals surface area contributed by atoms with Crippen LogP contribution in [0.5, 0.6) is 11.5 Å². The van der Waals surface area contributed by atoms with Crippen LogP contribution in [-0.4, -0.2) is 43.9 Å². The number of methoxy groups -OCH3 is 2. The van der Waals surface area contributed by atoms with Crippen molar-refractivity contribution in [3.8, 4) is 22.8 Å². The van der Waals surface area contributed by atoms with E-state index >= 15 is 0 Å². The van der Waals surface area contributed by atoms with Crippen molar-refractivity contribution in [1.29, 1.82) is 0 Å². The van der Waals surface area contributed by atoms with Gasteiger partial charge in [-0.2, -0.15) is 5.10 Å². The van der Waals surface area contributed by atoms with Crippen molar-refractivity contribution in [2.75, 3.05) is 26.1 Å². The average molecular weight is 610 g/mol. The minimum Gasteiger partial charge on any atom is -0.493 e. The Kier molecular flexibility index (Phi) is 9.29. The Morgan fingerprint density at radius 1 is 1.05 bits per heavy atom. The summed E-state index contributed by atoms with van der Waals surface area (Å²) in [7, 11) is 2.76. The van der Waals surface area contributed by atoms with E-state index in [-0.39, 0.29) is 12.5 Å². The number of hydrogen-bond acceptors (Lipinski definition) is 9. The van der Waals surface area contributed by atoms with E-state index in [0.29, 0.717) is 27.1 Å². The van der Waals surface area contributed by atoms with Crippen LogP contribution in [0.2, 0.25) is 0 Å². The van der Waals surface area contributed by atoms with Gasteiger partial charge in [0.15, 0.2) is 23.2 Å². The molecule has 200 valence electrons. The average Bonchev–Trinajstić information content (AvgIpc) is 3.42. The molecule has 0 saturated heterocycles. The number of anilines is 2. The minimum absolute atomic E-state index is 0.254. The molecule has 0 atom stereocenters. The molecule has 2 N–H and O–H groups in total. The Bertz CT molecular complexity index is 1490. The van der Waals surface area contributed by atoms with Crippen molar-refractivity contribution in [3.05, 3.63) is 87.2 Å². The van der Waals surface area contributed by atoms with E-state index in [4.69, 9.17) is 9.47 Å². The van der Waals surface area contributed by atoms with E-state index < -0.39 is 5.97 Å². The first-order chi connectivity index (χ1) is 18.9. The largest absolute Gasteiger partial charge is 0.493 e. The molecule has 0 spiro atoms. The summed E-state index contributed by atoms with van der Waals surface area (Å²) in [4.78, 5) is 28.6. The SMILES string of the molecule is COC(=O)COc1cc(Br)c(/C=N\NC(=O)c2ccc(-c3csc(Nc4ccc(C)cc4)n3)cc2)cc1OC. The maximum atomic E-state index is 12.6. The lowest BCUT2D eigenvalue weighted by Gasteiger charge is -2.11. The number of hydrogen-bond donors (Lipinski definition) is 2. The molecule has 3 aromatic carbocycles. The molecule has 4 rings (SSSR count). The van der Waals surface area contributed by atoms with Gasteiger partial charge in [0.1, 0.15) is 0 Å². The molecule has 0 bridgehead atoms. The van der Waals surface area contributed by atoms with Crippen LogP contribution in [0, 0.1) is 6.92 Å². The quantitative estimate of drug-likeness (QED) is 0.130. The van der Waals surface area contributed by atoms with Crippen LogP contribution < -0.4 is 20.2 Å². The monoisotopic (exact) mass is 608 g/mol. The fraction of sp³-hybridized carbons (Fsp3) is 0.143. The van der Waals surface area contributed by atoms with E-state index in [9.17, 15) is 9.59 Å². The fourth-order valence-electron chi connectivity index (χ4n) is 3.36. The number of nitrogens with zero attached hydrogens (tertiary/aromatic N) is 2. The lowest BCUT2D eigenvalue weighted by atomic mass is 10.1. The number of hydrazone groups is 1. The first-order valence-electron chi connectivity index (χ1n) is 11.7. The summed E-state index contributed by atoms with van der Waals surface area (Å²) >= 11 is 4.95. The summed E-state index contributed by atoms with van der Waals surface area (Å²) in [6, 6.07) is 18.5. The second-order valence-corrected chi connectivity index (χ2v) is 9.91. The maximum Gasteiger partial charge on any atom is 0.343 e. The lowest BCUT2D eigenvalue weighted by molar-refractivity contribution is -0.142. The highest BCUT2D eigenvalue weighted by molar-refractivity contribution is 9.10. The minimum atomic E-state index is -0.513. The molecule has 4 aromatic rings. The molecular weight excluding hydrogens is 584 g/mol. The van der Waals surface area contributed by atoms with Gasteiger partial charge in [0.2, 0.25) is 0 Å². The van der Waals surface area contributed by atoms with E-state index in [1.165, 1.54) is 37.3 Å². The second-order valence-electron chi connectivity index (χ2n) is 8.19. The summed E-state index contributed by atoms with van der Waals surface area (Å²) in [6.45, 7) is 1.79. The number of benzene rings is 3. The van der Waals surface area contributed by atoms with Crippen LogP contribution in [-0.2, 0) is 9.53 Å². The van der Waals surface area contributed by atoms with Crippen LogP contribution in [0.15, 0.2) is 75.6 Å². The first kappa shape index (κ1) is 27.8. The zero-order valence-corrected chi connectivity index (χ0v) is 23.8. The van der Waals surface area contributed by atoms with Gasteiger partial charge in [0, 0.05) is 32.2 Å². The van der Waals surface area contributed by atoms with E-state index in [1.807, 2.05) is 48.7 Å². The molecule has 39 heavy (non-hydrogen) atoms. The van der Waals surface area contributed by atoms with Gasteiger partial charge in [0.05, 0.1) is 26.1 Å². The highest BCUT2D eigenvalue weighted by atomic mass is 79.9. The van der Waals surface area contributed by atoms with Gasteiger partial charge in [-0.05, 0) is 59.3 Å². The molecule has 0 aliphatic rings. The zero-order valence-electron chi connectivity index (χ0n) is 21.4. The number of halogens is 1. The standard InChI is InChI=1S/C28H25BrN4O5S/c1-17-4-10-21(11-5-17)31-28-32-23(16-39-28)18-6-8-19(9-7-18)27(35)33-30-14-20-12-24(36-2)25(13-22(20)29)38-15-26(34)37-3/h4-14,16H,15H2,1-3H3,(H,31,32)(H,33,35)/b30-14-. The van der Waals surface area contributed by atoms with Gasteiger partial charge in [-0.15, -0.1) is 11.3 Å². The van der Waals surface area contributed by atoms with Crippen molar-refractivity contribution in [2.45, 2.75) is 6.92 Å². The van der Waals surface area contributed by atoms with Gasteiger partial charge in [-0.25, -0.2) is 15.2 Å². The molecule has 0 radical (unpaired) electrons. The topological polar surface area (TPSA) is 111 Å². The second kappa shape index (κ2) is 13.0. The first-order valence-corrected chi connectivity index (χ1v) is 13.3. The third kappa shape index (κ3) is 7.43.